The van der Waals surface area contributed by atoms with Crippen LogP contribution in [0.25, 0.3) is 0 Å². The largest absolute Gasteiger partial charge is 0.434 e. The van der Waals surface area contributed by atoms with Crippen LogP contribution in [0.1, 0.15) is 54.4 Å². The van der Waals surface area contributed by atoms with Gasteiger partial charge in [-0.25, -0.2) is 0 Å². The highest BCUT2D eigenvalue weighted by Gasteiger charge is 2.34. The molecule has 0 aliphatic carbocycles. The van der Waals surface area contributed by atoms with Crippen molar-refractivity contribution in [1.29, 1.82) is 0 Å². The molecule has 0 bridgehead atoms. The van der Waals surface area contributed by atoms with Gasteiger partial charge in [-0.05, 0) is 0 Å². The Morgan fingerprint density at radius 2 is 1.12 bits per heavy atom. The zero-order valence-corrected chi connectivity index (χ0v) is 11.5. The molecule has 0 spiro atoms. The zero-order chi connectivity index (χ0) is 13.7. The SMILES string of the molecule is CCC(=O)OC(C)(C)OC(C)(C)OC(=O)CC. The lowest BCUT2D eigenvalue weighted by atomic mass is 10.3. The number of carbonyl (C=O) groups is 2. The average Bonchev–Trinajstić information content (AvgIpc) is 2.13. The van der Waals surface area contributed by atoms with Gasteiger partial charge in [-0.2, -0.15) is 0 Å². The molecule has 17 heavy (non-hydrogen) atoms. The van der Waals surface area contributed by atoms with Crippen LogP contribution in [-0.2, 0) is 23.8 Å². The molecule has 0 aromatic heterocycles. The summed E-state index contributed by atoms with van der Waals surface area (Å²) in [6.07, 6.45) is 0.532. The van der Waals surface area contributed by atoms with Gasteiger partial charge in [-0.3, -0.25) is 14.3 Å². The number of carbonyl (C=O) groups excluding carboxylic acids is 2. The lowest BCUT2D eigenvalue weighted by Gasteiger charge is -2.34. The minimum absolute atomic E-state index is 0.266. The van der Waals surface area contributed by atoms with E-state index in [1.54, 1.807) is 41.5 Å². The first kappa shape index (κ1) is 15.9. The van der Waals surface area contributed by atoms with Gasteiger partial charge in [0.15, 0.2) is 0 Å². The molecule has 5 heteroatoms. The molecule has 0 N–H and O–H groups in total. The van der Waals surface area contributed by atoms with Crippen molar-refractivity contribution >= 4 is 11.9 Å². The predicted molar refractivity (Wildman–Crippen MR) is 62.0 cm³/mol. The molecule has 0 amide bonds. The third-order valence-electron chi connectivity index (χ3n) is 1.79. The zero-order valence-electron chi connectivity index (χ0n) is 11.5. The Balaban J connectivity index is 4.46. The maximum atomic E-state index is 11.2. The average molecular weight is 246 g/mol. The highest BCUT2D eigenvalue weighted by molar-refractivity contribution is 5.69. The van der Waals surface area contributed by atoms with Crippen molar-refractivity contribution in [3.05, 3.63) is 0 Å². The van der Waals surface area contributed by atoms with Gasteiger partial charge in [0.05, 0.1) is 0 Å². The first-order valence-electron chi connectivity index (χ1n) is 5.75. The smallest absolute Gasteiger partial charge is 0.307 e. The summed E-state index contributed by atoms with van der Waals surface area (Å²) in [6, 6.07) is 0. The highest BCUT2D eigenvalue weighted by atomic mass is 16.8. The van der Waals surface area contributed by atoms with Crippen molar-refractivity contribution in [3.63, 3.8) is 0 Å². The van der Waals surface area contributed by atoms with Gasteiger partial charge in [-0.1, -0.05) is 13.8 Å². The fourth-order valence-electron chi connectivity index (χ4n) is 1.33. The molecule has 0 fully saturated rings. The summed E-state index contributed by atoms with van der Waals surface area (Å²) in [7, 11) is 0. The molecule has 100 valence electrons. The molecular formula is C12H22O5. The van der Waals surface area contributed by atoms with Gasteiger partial charge in [-0.15, -0.1) is 0 Å². The molecule has 0 unspecified atom stereocenters. The monoisotopic (exact) mass is 246 g/mol. The van der Waals surface area contributed by atoms with Gasteiger partial charge >= 0.3 is 11.9 Å². The Hall–Kier alpha value is -1.10. The van der Waals surface area contributed by atoms with E-state index in [1.165, 1.54) is 0 Å². The second-order valence-electron chi connectivity index (χ2n) is 4.56. The fraction of sp³-hybridized carbons (Fsp3) is 0.833. The van der Waals surface area contributed by atoms with E-state index in [1.807, 2.05) is 0 Å². The summed E-state index contributed by atoms with van der Waals surface area (Å²) in [6.45, 7) is 9.79. The van der Waals surface area contributed by atoms with Crippen molar-refractivity contribution < 1.29 is 23.8 Å². The van der Waals surface area contributed by atoms with E-state index in [4.69, 9.17) is 14.2 Å². The first-order chi connectivity index (χ1) is 7.62. The molecule has 0 heterocycles. The molecule has 0 aromatic carbocycles. The number of ether oxygens (including phenoxy) is 3. The fourth-order valence-corrected chi connectivity index (χ4v) is 1.33. The Morgan fingerprint density at radius 1 is 0.824 bits per heavy atom. The number of rotatable bonds is 6. The molecule has 0 saturated carbocycles. The third-order valence-corrected chi connectivity index (χ3v) is 1.79. The molecule has 0 aromatic rings. The van der Waals surface area contributed by atoms with Crippen molar-refractivity contribution in [2.45, 2.75) is 66.0 Å². The van der Waals surface area contributed by atoms with Crippen LogP contribution in [0.5, 0.6) is 0 Å². The van der Waals surface area contributed by atoms with Crippen LogP contribution >= 0.6 is 0 Å². The van der Waals surface area contributed by atoms with E-state index >= 15 is 0 Å². The summed E-state index contributed by atoms with van der Waals surface area (Å²) < 4.78 is 15.7. The standard InChI is InChI=1S/C12H22O5/c1-7-9(13)15-11(3,4)17-12(5,6)16-10(14)8-2/h7-8H2,1-6H3. The minimum atomic E-state index is -1.13. The summed E-state index contributed by atoms with van der Waals surface area (Å²) in [5, 5.41) is 0. The van der Waals surface area contributed by atoms with Crippen molar-refractivity contribution in [2.75, 3.05) is 0 Å². The van der Waals surface area contributed by atoms with E-state index < -0.39 is 11.6 Å². The summed E-state index contributed by atoms with van der Waals surface area (Å²) >= 11 is 0. The van der Waals surface area contributed by atoms with Gasteiger partial charge in [0.25, 0.3) is 0 Å². The molecule has 0 radical (unpaired) electrons. The van der Waals surface area contributed by atoms with Crippen LogP contribution in [0.4, 0.5) is 0 Å². The van der Waals surface area contributed by atoms with E-state index in [0.29, 0.717) is 0 Å². The van der Waals surface area contributed by atoms with E-state index in [-0.39, 0.29) is 24.8 Å². The van der Waals surface area contributed by atoms with Gasteiger partial charge in [0.2, 0.25) is 11.6 Å². The first-order valence-corrected chi connectivity index (χ1v) is 5.75. The summed E-state index contributed by atoms with van der Waals surface area (Å²) in [5.41, 5.74) is 0. The molecule has 0 saturated heterocycles. The Labute approximate surface area is 102 Å². The molecule has 0 aliphatic heterocycles. The van der Waals surface area contributed by atoms with Crippen LogP contribution in [0.15, 0.2) is 0 Å². The van der Waals surface area contributed by atoms with E-state index in [9.17, 15) is 9.59 Å². The Kier molecular flexibility index (Phi) is 5.61. The lowest BCUT2D eigenvalue weighted by Crippen LogP contribution is -2.43. The number of hydrogen-bond donors (Lipinski definition) is 0. The van der Waals surface area contributed by atoms with Crippen molar-refractivity contribution in [1.82, 2.24) is 0 Å². The topological polar surface area (TPSA) is 61.8 Å². The molecule has 0 aliphatic rings. The predicted octanol–water partition coefficient (Wildman–Crippen LogP) is 2.38. The molecular weight excluding hydrogens is 224 g/mol. The second kappa shape index (κ2) is 6.00. The summed E-state index contributed by atoms with van der Waals surface area (Å²) in [4.78, 5) is 22.4. The number of esters is 2. The lowest BCUT2D eigenvalue weighted by molar-refractivity contribution is -0.313. The quantitative estimate of drug-likeness (QED) is 0.532. The Morgan fingerprint density at radius 3 is 1.35 bits per heavy atom. The maximum Gasteiger partial charge on any atom is 0.307 e. The van der Waals surface area contributed by atoms with Gasteiger partial charge < -0.3 is 9.47 Å². The van der Waals surface area contributed by atoms with Crippen LogP contribution in [0.3, 0.4) is 0 Å². The second-order valence-corrected chi connectivity index (χ2v) is 4.56. The summed E-state index contributed by atoms with van der Waals surface area (Å²) in [5.74, 6) is -3.00. The molecule has 0 atom stereocenters. The minimum Gasteiger partial charge on any atom is -0.434 e. The third kappa shape index (κ3) is 6.94. The van der Waals surface area contributed by atoms with E-state index in [0.717, 1.165) is 0 Å². The van der Waals surface area contributed by atoms with Crippen molar-refractivity contribution in [3.8, 4) is 0 Å². The normalized spacial score (nSPS) is 12.1. The molecule has 0 rings (SSSR count). The van der Waals surface area contributed by atoms with Gasteiger partial charge in [0.1, 0.15) is 0 Å². The number of hydrogen-bond acceptors (Lipinski definition) is 5. The Bertz CT molecular complexity index is 253. The highest BCUT2D eigenvalue weighted by Crippen LogP contribution is 2.23. The molecule has 5 nitrogen and oxygen atoms in total. The van der Waals surface area contributed by atoms with E-state index in [2.05, 4.69) is 0 Å². The van der Waals surface area contributed by atoms with Crippen molar-refractivity contribution in [2.24, 2.45) is 0 Å². The van der Waals surface area contributed by atoms with Crippen LogP contribution in [0, 0.1) is 0 Å². The van der Waals surface area contributed by atoms with Crippen LogP contribution < -0.4 is 0 Å². The maximum absolute atomic E-state index is 11.2. The van der Waals surface area contributed by atoms with Crippen LogP contribution in [0.2, 0.25) is 0 Å². The van der Waals surface area contributed by atoms with Crippen LogP contribution in [-0.4, -0.2) is 23.5 Å². The van der Waals surface area contributed by atoms with Gasteiger partial charge in [0, 0.05) is 40.5 Å².